The summed E-state index contributed by atoms with van der Waals surface area (Å²) in [5.41, 5.74) is 13.5. The molecule has 1 rings (SSSR count). The van der Waals surface area contributed by atoms with Crippen LogP contribution in [-0.4, -0.2) is 12.0 Å². The number of carbonyl (C=O) groups excluding carboxylic acids is 1. The minimum Gasteiger partial charge on any atom is -0.463 e. The van der Waals surface area contributed by atoms with Crippen molar-refractivity contribution in [3.05, 3.63) is 29.0 Å². The molecule has 0 bridgehead atoms. The Bertz CT molecular complexity index is 338. The molecule has 0 aliphatic heterocycles. The van der Waals surface area contributed by atoms with Gasteiger partial charge in [0.15, 0.2) is 11.5 Å². The van der Waals surface area contributed by atoms with Crippen LogP contribution in [0.2, 0.25) is 0 Å². The SMILES string of the molecule is CCC(=O)C(N)OC1=C=C=C=CC1. The molecule has 0 heterocycles. The normalized spacial score (nSPS) is 15.4. The van der Waals surface area contributed by atoms with E-state index in [9.17, 15) is 4.79 Å². The molecule has 1 aliphatic carbocycles. The van der Waals surface area contributed by atoms with Gasteiger partial charge in [-0.25, -0.2) is 0 Å². The van der Waals surface area contributed by atoms with E-state index in [1.165, 1.54) is 0 Å². The average molecular weight is 177 g/mol. The van der Waals surface area contributed by atoms with Crippen molar-refractivity contribution < 1.29 is 9.53 Å². The van der Waals surface area contributed by atoms with Gasteiger partial charge in [-0.1, -0.05) is 12.7 Å². The highest BCUT2D eigenvalue weighted by Crippen LogP contribution is 2.07. The molecule has 1 atom stereocenters. The molecule has 3 nitrogen and oxygen atoms in total. The summed E-state index contributed by atoms with van der Waals surface area (Å²) in [6, 6.07) is 0. The standard InChI is InChI=1S/C10H11NO2/c1-2-9(12)10(11)13-8-6-4-3-5-7-8/h4,10H,2,6,11H2,1H3. The number of ketones is 1. The molecule has 0 radical (unpaired) electrons. The quantitative estimate of drug-likeness (QED) is 0.515. The molecule has 13 heavy (non-hydrogen) atoms. The van der Waals surface area contributed by atoms with Crippen molar-refractivity contribution >= 4 is 5.78 Å². The fraction of sp³-hybridized carbons (Fsp3) is 0.400. The summed E-state index contributed by atoms with van der Waals surface area (Å²) in [6.07, 6.45) is 1.82. The first-order valence-electron chi connectivity index (χ1n) is 4.13. The molecule has 2 N–H and O–H groups in total. The number of hydrogen-bond acceptors (Lipinski definition) is 3. The van der Waals surface area contributed by atoms with Crippen molar-refractivity contribution in [2.45, 2.75) is 26.0 Å². The Labute approximate surface area is 76.9 Å². The van der Waals surface area contributed by atoms with Crippen LogP contribution in [0, 0.1) is 0 Å². The van der Waals surface area contributed by atoms with Gasteiger partial charge in [0.2, 0.25) is 6.23 Å². The third-order valence-corrected chi connectivity index (χ3v) is 1.60. The minimum atomic E-state index is -0.874. The number of ether oxygens (including phenoxy) is 1. The van der Waals surface area contributed by atoms with Gasteiger partial charge in [0.05, 0.1) is 0 Å². The fourth-order valence-electron chi connectivity index (χ4n) is 0.849. The summed E-state index contributed by atoms with van der Waals surface area (Å²) in [6.45, 7) is 1.75. The van der Waals surface area contributed by atoms with Crippen LogP contribution in [0.4, 0.5) is 0 Å². The van der Waals surface area contributed by atoms with Crippen molar-refractivity contribution in [3.8, 4) is 0 Å². The van der Waals surface area contributed by atoms with Gasteiger partial charge in [0, 0.05) is 12.8 Å². The van der Waals surface area contributed by atoms with E-state index >= 15 is 0 Å². The number of allylic oxidation sites excluding steroid dienone is 1. The van der Waals surface area contributed by atoms with Gasteiger partial charge in [0.1, 0.15) is 0 Å². The fourth-order valence-corrected chi connectivity index (χ4v) is 0.849. The lowest BCUT2D eigenvalue weighted by molar-refractivity contribution is -0.127. The zero-order valence-electron chi connectivity index (χ0n) is 7.46. The van der Waals surface area contributed by atoms with Gasteiger partial charge in [0.25, 0.3) is 0 Å². The lowest BCUT2D eigenvalue weighted by Crippen LogP contribution is -2.32. The van der Waals surface area contributed by atoms with Crippen molar-refractivity contribution in [1.29, 1.82) is 0 Å². The summed E-state index contributed by atoms with van der Waals surface area (Å²) >= 11 is 0. The van der Waals surface area contributed by atoms with E-state index < -0.39 is 6.23 Å². The van der Waals surface area contributed by atoms with Crippen LogP contribution in [0.5, 0.6) is 0 Å². The highest BCUT2D eigenvalue weighted by atomic mass is 16.5. The molecule has 0 aromatic carbocycles. The Morgan fingerprint density at radius 3 is 3.15 bits per heavy atom. The Balaban J connectivity index is 2.56. The summed E-state index contributed by atoms with van der Waals surface area (Å²) in [4.78, 5) is 11.0. The molecule has 1 aliphatic rings. The molecule has 0 amide bonds. The van der Waals surface area contributed by atoms with Gasteiger partial charge >= 0.3 is 0 Å². The minimum absolute atomic E-state index is 0.118. The molecule has 0 aromatic rings. The van der Waals surface area contributed by atoms with Crippen LogP contribution in [0.25, 0.3) is 0 Å². The predicted molar refractivity (Wildman–Crippen MR) is 47.6 cm³/mol. The van der Waals surface area contributed by atoms with Gasteiger partial charge in [-0.2, -0.15) is 0 Å². The Morgan fingerprint density at radius 1 is 1.85 bits per heavy atom. The molecule has 0 spiro atoms. The van der Waals surface area contributed by atoms with E-state index in [0.717, 1.165) is 0 Å². The lowest BCUT2D eigenvalue weighted by Gasteiger charge is -2.12. The summed E-state index contributed by atoms with van der Waals surface area (Å²) < 4.78 is 5.14. The Hall–Kier alpha value is -1.49. The van der Waals surface area contributed by atoms with Gasteiger partial charge in [-0.15, -0.1) is 0 Å². The smallest absolute Gasteiger partial charge is 0.207 e. The number of hydrogen-bond donors (Lipinski definition) is 1. The maximum absolute atomic E-state index is 11.0. The molecule has 0 aromatic heterocycles. The van der Waals surface area contributed by atoms with Gasteiger partial charge in [-0.05, 0) is 17.5 Å². The van der Waals surface area contributed by atoms with E-state index in [-0.39, 0.29) is 5.78 Å². The van der Waals surface area contributed by atoms with Crippen LogP contribution in [0.3, 0.4) is 0 Å². The molecule has 0 saturated heterocycles. The van der Waals surface area contributed by atoms with Crippen molar-refractivity contribution in [1.82, 2.24) is 0 Å². The molecule has 3 heteroatoms. The monoisotopic (exact) mass is 177 g/mol. The van der Waals surface area contributed by atoms with E-state index in [1.54, 1.807) is 13.0 Å². The van der Waals surface area contributed by atoms with Crippen molar-refractivity contribution in [2.24, 2.45) is 5.73 Å². The Morgan fingerprint density at radius 2 is 2.62 bits per heavy atom. The number of nitrogens with two attached hydrogens (primary N) is 1. The largest absolute Gasteiger partial charge is 0.463 e. The average Bonchev–Trinajstić information content (AvgIpc) is 2.18. The van der Waals surface area contributed by atoms with E-state index in [2.05, 4.69) is 17.2 Å². The van der Waals surface area contributed by atoms with E-state index in [4.69, 9.17) is 10.5 Å². The molecule has 1 unspecified atom stereocenters. The maximum atomic E-state index is 11.0. The van der Waals surface area contributed by atoms with E-state index in [1.807, 2.05) is 0 Å². The highest BCUT2D eigenvalue weighted by molar-refractivity contribution is 5.82. The summed E-state index contributed by atoms with van der Waals surface area (Å²) in [7, 11) is 0. The zero-order valence-corrected chi connectivity index (χ0v) is 7.46. The molecule has 68 valence electrons. The van der Waals surface area contributed by atoms with Crippen LogP contribution in [0.1, 0.15) is 19.8 Å². The first-order valence-corrected chi connectivity index (χ1v) is 4.13. The van der Waals surface area contributed by atoms with E-state index in [0.29, 0.717) is 18.6 Å². The predicted octanol–water partition coefficient (Wildman–Crippen LogP) is 1.02. The van der Waals surface area contributed by atoms with Crippen molar-refractivity contribution in [3.63, 3.8) is 0 Å². The second kappa shape index (κ2) is 4.51. The number of carbonyl (C=O) groups is 1. The third-order valence-electron chi connectivity index (χ3n) is 1.60. The Kier molecular flexibility index (Phi) is 3.33. The second-order valence-corrected chi connectivity index (χ2v) is 2.58. The van der Waals surface area contributed by atoms with Crippen LogP contribution >= 0.6 is 0 Å². The molecule has 0 fully saturated rings. The summed E-state index contributed by atoms with van der Waals surface area (Å²) in [5, 5.41) is 0. The van der Waals surface area contributed by atoms with Gasteiger partial charge < -0.3 is 4.74 Å². The van der Waals surface area contributed by atoms with Crippen LogP contribution < -0.4 is 5.73 Å². The van der Waals surface area contributed by atoms with Gasteiger partial charge in [-0.3, -0.25) is 10.5 Å². The van der Waals surface area contributed by atoms with Crippen LogP contribution in [-0.2, 0) is 9.53 Å². The second-order valence-electron chi connectivity index (χ2n) is 2.58. The third kappa shape index (κ3) is 2.79. The molecular formula is C10H11NO2. The summed E-state index contributed by atoms with van der Waals surface area (Å²) in [5.74, 6) is 0.417. The highest BCUT2D eigenvalue weighted by Gasteiger charge is 2.13. The number of rotatable bonds is 4. The number of Topliss-reactive ketones (excluding diaryl/α,β-unsaturated/α-hetero) is 1. The maximum Gasteiger partial charge on any atom is 0.207 e. The van der Waals surface area contributed by atoms with Crippen molar-refractivity contribution in [2.75, 3.05) is 0 Å². The molecular weight excluding hydrogens is 166 g/mol. The zero-order chi connectivity index (χ0) is 9.68. The lowest BCUT2D eigenvalue weighted by atomic mass is 10.2. The first-order chi connectivity index (χ1) is 6.24. The molecule has 0 saturated carbocycles. The topological polar surface area (TPSA) is 52.3 Å². The first kappa shape index (κ1) is 9.60. The van der Waals surface area contributed by atoms with Crippen LogP contribution in [0.15, 0.2) is 29.0 Å².